The molecule has 1 saturated carbocycles. The molecule has 0 bridgehead atoms. The Morgan fingerprint density at radius 1 is 1.40 bits per heavy atom. The zero-order valence-corrected chi connectivity index (χ0v) is 12.6. The van der Waals surface area contributed by atoms with Crippen molar-refractivity contribution >= 4 is 11.9 Å². The average molecular weight is 277 g/mol. The fraction of sp³-hybridized carbons (Fsp3) is 0.750. The largest absolute Gasteiger partial charge is 0.443 e. The predicted molar refractivity (Wildman–Crippen MR) is 75.0 cm³/mol. The van der Waals surface area contributed by atoms with Gasteiger partial charge in [0.15, 0.2) is 0 Å². The normalized spacial score (nSPS) is 32.8. The summed E-state index contributed by atoms with van der Waals surface area (Å²) in [7, 11) is 0. The quantitative estimate of drug-likeness (QED) is 0.682. The van der Waals surface area contributed by atoms with Gasteiger partial charge in [-0.25, -0.2) is 4.79 Å². The summed E-state index contributed by atoms with van der Waals surface area (Å²) in [5.41, 5.74) is 0.521. The molecule has 2 atom stereocenters. The van der Waals surface area contributed by atoms with Crippen LogP contribution < -0.4 is 0 Å². The molecule has 4 heteroatoms. The van der Waals surface area contributed by atoms with Gasteiger partial charge in [0.2, 0.25) is 0 Å². The van der Waals surface area contributed by atoms with Crippen molar-refractivity contribution in [2.45, 2.75) is 58.5 Å². The molecule has 0 radical (unpaired) electrons. The monoisotopic (exact) mass is 277 g/mol. The van der Waals surface area contributed by atoms with E-state index in [0.717, 1.165) is 31.4 Å². The van der Waals surface area contributed by atoms with Crippen LogP contribution in [-0.4, -0.2) is 28.9 Å². The van der Waals surface area contributed by atoms with Crippen LogP contribution in [0.1, 0.15) is 52.9 Å². The van der Waals surface area contributed by atoms with Crippen molar-refractivity contribution in [3.63, 3.8) is 0 Å². The number of rotatable bonds is 0. The number of allylic oxidation sites excluding steroid dienone is 2. The lowest BCUT2D eigenvalue weighted by Gasteiger charge is -2.36. The Hall–Kier alpha value is -1.32. The van der Waals surface area contributed by atoms with Crippen LogP contribution in [0.2, 0.25) is 0 Å². The maximum absolute atomic E-state index is 12.4. The van der Waals surface area contributed by atoms with Crippen molar-refractivity contribution in [1.82, 2.24) is 4.90 Å². The van der Waals surface area contributed by atoms with Gasteiger partial charge in [0, 0.05) is 30.0 Å². The third-order valence-electron chi connectivity index (χ3n) is 4.86. The first-order valence-electron chi connectivity index (χ1n) is 7.57. The molecule has 3 aliphatic rings. The summed E-state index contributed by atoms with van der Waals surface area (Å²) in [6.07, 6.45) is 6.21. The Morgan fingerprint density at radius 2 is 2.15 bits per heavy atom. The minimum atomic E-state index is -0.479. The van der Waals surface area contributed by atoms with Gasteiger partial charge in [-0.1, -0.05) is 12.5 Å². The van der Waals surface area contributed by atoms with Gasteiger partial charge < -0.3 is 4.74 Å². The summed E-state index contributed by atoms with van der Waals surface area (Å²) in [4.78, 5) is 26.3. The molecule has 4 nitrogen and oxygen atoms in total. The van der Waals surface area contributed by atoms with Crippen LogP contribution in [0.4, 0.5) is 4.79 Å². The van der Waals surface area contributed by atoms with Crippen molar-refractivity contribution < 1.29 is 14.3 Å². The molecule has 2 fully saturated rings. The molecule has 0 aromatic rings. The second-order valence-corrected chi connectivity index (χ2v) is 7.24. The molecule has 0 N–H and O–H groups in total. The smallest absolute Gasteiger partial charge is 0.414 e. The second-order valence-electron chi connectivity index (χ2n) is 7.24. The molecule has 110 valence electrons. The number of ketones is 1. The van der Waals surface area contributed by atoms with E-state index in [0.29, 0.717) is 18.7 Å². The van der Waals surface area contributed by atoms with Crippen molar-refractivity contribution in [1.29, 1.82) is 0 Å². The van der Waals surface area contributed by atoms with Crippen LogP contribution in [0, 0.1) is 11.3 Å². The maximum Gasteiger partial charge on any atom is 0.414 e. The van der Waals surface area contributed by atoms with E-state index >= 15 is 0 Å². The van der Waals surface area contributed by atoms with Crippen molar-refractivity contribution in [2.75, 3.05) is 6.54 Å². The highest BCUT2D eigenvalue weighted by Gasteiger charge is 2.56. The van der Waals surface area contributed by atoms with Gasteiger partial charge in [-0.2, -0.15) is 0 Å². The molecule has 1 heterocycles. The van der Waals surface area contributed by atoms with Gasteiger partial charge >= 0.3 is 6.09 Å². The Labute approximate surface area is 120 Å². The van der Waals surface area contributed by atoms with E-state index in [1.54, 1.807) is 4.90 Å². The fourth-order valence-corrected chi connectivity index (χ4v) is 4.14. The van der Waals surface area contributed by atoms with Gasteiger partial charge in [-0.05, 0) is 40.0 Å². The van der Waals surface area contributed by atoms with E-state index in [1.807, 2.05) is 26.8 Å². The van der Waals surface area contributed by atoms with Crippen LogP contribution in [0.15, 0.2) is 11.8 Å². The topological polar surface area (TPSA) is 46.6 Å². The average Bonchev–Trinajstić information content (AvgIpc) is 2.90. The Morgan fingerprint density at radius 3 is 2.85 bits per heavy atom. The Kier molecular flexibility index (Phi) is 2.96. The van der Waals surface area contributed by atoms with Crippen molar-refractivity contribution in [2.24, 2.45) is 11.3 Å². The fourth-order valence-electron chi connectivity index (χ4n) is 4.14. The highest BCUT2D eigenvalue weighted by molar-refractivity contribution is 5.87. The number of likely N-dealkylation sites (tertiary alicyclic amines) is 1. The number of ether oxygens (including phenoxy) is 1. The highest BCUT2D eigenvalue weighted by Crippen LogP contribution is 2.58. The van der Waals surface area contributed by atoms with E-state index in [9.17, 15) is 9.59 Å². The van der Waals surface area contributed by atoms with E-state index in [4.69, 9.17) is 4.74 Å². The summed E-state index contributed by atoms with van der Waals surface area (Å²) in [6.45, 7) is 6.33. The first-order chi connectivity index (χ1) is 9.33. The minimum Gasteiger partial charge on any atom is -0.443 e. The third kappa shape index (κ3) is 1.97. The molecule has 0 aromatic carbocycles. The number of hydrogen-bond acceptors (Lipinski definition) is 3. The molecule has 1 amide bonds. The zero-order chi connectivity index (χ0) is 14.5. The highest BCUT2D eigenvalue weighted by atomic mass is 16.6. The van der Waals surface area contributed by atoms with Gasteiger partial charge in [0.25, 0.3) is 0 Å². The second kappa shape index (κ2) is 4.34. The first kappa shape index (κ1) is 13.7. The summed E-state index contributed by atoms with van der Waals surface area (Å²) >= 11 is 0. The SMILES string of the molecule is CC(C)(C)OC(=O)N1CC[C@@]23CCC[C@@H]2C(=O)CC=C13. The van der Waals surface area contributed by atoms with Crippen molar-refractivity contribution in [3.05, 3.63) is 11.8 Å². The van der Waals surface area contributed by atoms with Crippen LogP contribution >= 0.6 is 0 Å². The van der Waals surface area contributed by atoms with Crippen LogP contribution in [0.3, 0.4) is 0 Å². The van der Waals surface area contributed by atoms with Crippen LogP contribution in [0.25, 0.3) is 0 Å². The molecule has 1 aliphatic heterocycles. The van der Waals surface area contributed by atoms with Gasteiger partial charge in [0.05, 0.1) is 0 Å². The van der Waals surface area contributed by atoms with Crippen molar-refractivity contribution in [3.8, 4) is 0 Å². The number of carbonyl (C=O) groups excluding carboxylic acids is 2. The maximum atomic E-state index is 12.4. The first-order valence-corrected chi connectivity index (χ1v) is 7.57. The van der Waals surface area contributed by atoms with Gasteiger partial charge in [0.1, 0.15) is 11.4 Å². The molecule has 20 heavy (non-hydrogen) atoms. The standard InChI is InChI=1S/C16H23NO3/c1-15(2,3)20-14(19)17-10-9-16-8-4-5-11(16)12(18)6-7-13(16)17/h7,11H,4-6,8-10H2,1-3H3/t11-,16+/m1/s1. The number of nitrogens with zero attached hydrogens (tertiary/aromatic N) is 1. The van der Waals surface area contributed by atoms with E-state index < -0.39 is 5.60 Å². The molecule has 3 rings (SSSR count). The minimum absolute atomic E-state index is 0.0633. The molecule has 0 aromatic heterocycles. The summed E-state index contributed by atoms with van der Waals surface area (Å²) < 4.78 is 5.50. The molecule has 2 aliphatic carbocycles. The molecular weight excluding hydrogens is 254 g/mol. The predicted octanol–water partition coefficient (Wildman–Crippen LogP) is 3.27. The van der Waals surface area contributed by atoms with E-state index in [2.05, 4.69) is 0 Å². The lowest BCUT2D eigenvalue weighted by Crippen LogP contribution is -2.39. The Balaban J connectivity index is 1.87. The lowest BCUT2D eigenvalue weighted by molar-refractivity contribution is -0.125. The zero-order valence-electron chi connectivity index (χ0n) is 12.6. The molecule has 1 spiro atoms. The van der Waals surface area contributed by atoms with Crippen LogP contribution in [0.5, 0.6) is 0 Å². The van der Waals surface area contributed by atoms with E-state index in [1.165, 1.54) is 0 Å². The van der Waals surface area contributed by atoms with Crippen LogP contribution in [-0.2, 0) is 9.53 Å². The third-order valence-corrected chi connectivity index (χ3v) is 4.86. The summed E-state index contributed by atoms with van der Waals surface area (Å²) in [6, 6.07) is 0. The number of carbonyl (C=O) groups is 2. The van der Waals surface area contributed by atoms with E-state index in [-0.39, 0.29) is 17.4 Å². The lowest BCUT2D eigenvalue weighted by atomic mass is 9.69. The number of hydrogen-bond donors (Lipinski definition) is 0. The number of amides is 1. The molecule has 1 saturated heterocycles. The van der Waals surface area contributed by atoms with Gasteiger partial charge in [-0.15, -0.1) is 0 Å². The molecular formula is C16H23NO3. The summed E-state index contributed by atoms with van der Waals surface area (Å²) in [5.74, 6) is 0.493. The van der Waals surface area contributed by atoms with Gasteiger partial charge in [-0.3, -0.25) is 9.69 Å². The number of Topliss-reactive ketones (excluding diaryl/α,β-unsaturated/α-hetero) is 1. The summed E-state index contributed by atoms with van der Waals surface area (Å²) in [5, 5.41) is 0. The Bertz CT molecular complexity index is 488. The molecule has 0 unspecified atom stereocenters.